The van der Waals surface area contributed by atoms with Gasteiger partial charge in [-0.15, -0.1) is 11.8 Å². The van der Waals surface area contributed by atoms with Crippen LogP contribution >= 0.6 is 0 Å². The van der Waals surface area contributed by atoms with E-state index in [1.165, 1.54) is 12.1 Å². The lowest BCUT2D eigenvalue weighted by molar-refractivity contribution is 0.0246. The van der Waals surface area contributed by atoms with Gasteiger partial charge in [0.05, 0.1) is 5.60 Å². The molecule has 1 rings (SSSR count). The third-order valence-electron chi connectivity index (χ3n) is 2.79. The zero-order valence-electron chi connectivity index (χ0n) is 9.76. The van der Waals surface area contributed by atoms with Gasteiger partial charge in [0, 0.05) is 6.42 Å². The summed E-state index contributed by atoms with van der Waals surface area (Å²) in [5.74, 6) is 5.40. The van der Waals surface area contributed by atoms with E-state index in [0.717, 1.165) is 0 Å². The first-order valence-electron chi connectivity index (χ1n) is 5.50. The summed E-state index contributed by atoms with van der Waals surface area (Å²) < 4.78 is 13.1. The van der Waals surface area contributed by atoms with Gasteiger partial charge in [0.15, 0.2) is 0 Å². The highest BCUT2D eigenvalue weighted by atomic mass is 19.1. The number of hydrogen-bond donors (Lipinski definition) is 1. The number of hydrogen-bond acceptors (Lipinski definition) is 1. The minimum absolute atomic E-state index is 0.314. The van der Waals surface area contributed by atoms with E-state index in [0.29, 0.717) is 24.8 Å². The number of aliphatic hydroxyl groups is 1. The topological polar surface area (TPSA) is 20.2 Å². The van der Waals surface area contributed by atoms with E-state index in [1.54, 1.807) is 19.1 Å². The highest BCUT2D eigenvalue weighted by Gasteiger charge is 2.26. The van der Waals surface area contributed by atoms with Gasteiger partial charge in [-0.05, 0) is 37.5 Å². The third kappa shape index (κ3) is 3.08. The third-order valence-corrected chi connectivity index (χ3v) is 2.79. The first-order chi connectivity index (χ1) is 7.62. The highest BCUT2D eigenvalue weighted by molar-refractivity contribution is 5.23. The lowest BCUT2D eigenvalue weighted by Crippen LogP contribution is -2.24. The Morgan fingerprint density at radius 2 is 2.19 bits per heavy atom. The number of halogens is 1. The Bertz CT molecular complexity index is 403. The summed E-state index contributed by atoms with van der Waals surface area (Å²) in [5.41, 5.74) is -0.334. The lowest BCUT2D eigenvalue weighted by atomic mass is 9.87. The second kappa shape index (κ2) is 5.67. The predicted molar refractivity (Wildman–Crippen MR) is 63.3 cm³/mol. The maximum Gasteiger partial charge on any atom is 0.123 e. The van der Waals surface area contributed by atoms with E-state index in [1.807, 2.05) is 6.92 Å². The molecule has 0 saturated heterocycles. The minimum Gasteiger partial charge on any atom is -0.385 e. The van der Waals surface area contributed by atoms with Crippen LogP contribution in [0.4, 0.5) is 4.39 Å². The molecule has 1 aromatic rings. The van der Waals surface area contributed by atoms with Crippen molar-refractivity contribution in [3.8, 4) is 11.8 Å². The first-order valence-corrected chi connectivity index (χ1v) is 5.50. The smallest absolute Gasteiger partial charge is 0.123 e. The summed E-state index contributed by atoms with van der Waals surface area (Å²) in [6, 6.07) is 6.15. The van der Waals surface area contributed by atoms with Crippen molar-refractivity contribution in [2.75, 3.05) is 0 Å². The van der Waals surface area contributed by atoms with Crippen LogP contribution in [0.3, 0.4) is 0 Å². The van der Waals surface area contributed by atoms with Gasteiger partial charge in [-0.2, -0.15) is 0 Å². The fraction of sp³-hybridized carbons (Fsp3) is 0.429. The predicted octanol–water partition coefficient (Wildman–Crippen LogP) is 3.23. The van der Waals surface area contributed by atoms with Gasteiger partial charge in [-0.25, -0.2) is 4.39 Å². The lowest BCUT2D eigenvalue weighted by Gasteiger charge is -2.26. The molecule has 0 aliphatic heterocycles. The summed E-state index contributed by atoms with van der Waals surface area (Å²) in [5, 5.41) is 10.4. The van der Waals surface area contributed by atoms with Crippen LogP contribution in [0.15, 0.2) is 24.3 Å². The van der Waals surface area contributed by atoms with Crippen molar-refractivity contribution in [2.24, 2.45) is 0 Å². The molecule has 1 unspecified atom stereocenters. The number of rotatable bonds is 4. The Hall–Kier alpha value is -1.33. The Balaban J connectivity index is 2.89. The largest absolute Gasteiger partial charge is 0.385 e. The van der Waals surface area contributed by atoms with Gasteiger partial charge in [-0.3, -0.25) is 0 Å². The van der Waals surface area contributed by atoms with Crippen molar-refractivity contribution in [1.82, 2.24) is 0 Å². The second-order valence-electron chi connectivity index (χ2n) is 3.82. The van der Waals surface area contributed by atoms with Gasteiger partial charge in [-0.1, -0.05) is 19.1 Å². The molecule has 0 heterocycles. The van der Waals surface area contributed by atoms with Crippen LogP contribution in [-0.2, 0) is 5.60 Å². The second-order valence-corrected chi connectivity index (χ2v) is 3.82. The fourth-order valence-electron chi connectivity index (χ4n) is 1.70. The highest BCUT2D eigenvalue weighted by Crippen LogP contribution is 2.30. The van der Waals surface area contributed by atoms with Crippen molar-refractivity contribution in [3.63, 3.8) is 0 Å². The Morgan fingerprint density at radius 1 is 1.44 bits per heavy atom. The van der Waals surface area contributed by atoms with E-state index >= 15 is 0 Å². The maximum atomic E-state index is 13.1. The van der Waals surface area contributed by atoms with Gasteiger partial charge >= 0.3 is 0 Å². The molecule has 1 atom stereocenters. The van der Waals surface area contributed by atoms with Crippen LogP contribution in [0.2, 0.25) is 0 Å². The Kier molecular flexibility index (Phi) is 4.52. The molecule has 0 radical (unpaired) electrons. The molecule has 1 nitrogen and oxygen atoms in total. The van der Waals surface area contributed by atoms with Crippen LogP contribution in [0.5, 0.6) is 0 Å². The summed E-state index contributed by atoms with van der Waals surface area (Å²) in [6.07, 6.45) is 1.72. The zero-order valence-corrected chi connectivity index (χ0v) is 9.76. The van der Waals surface area contributed by atoms with E-state index in [2.05, 4.69) is 11.8 Å². The molecule has 0 aliphatic carbocycles. The number of benzene rings is 1. The van der Waals surface area contributed by atoms with Crippen molar-refractivity contribution >= 4 is 0 Å². The van der Waals surface area contributed by atoms with Crippen molar-refractivity contribution in [2.45, 2.75) is 38.7 Å². The van der Waals surface area contributed by atoms with Crippen molar-refractivity contribution in [1.29, 1.82) is 0 Å². The summed E-state index contributed by atoms with van der Waals surface area (Å²) in [6.45, 7) is 3.66. The van der Waals surface area contributed by atoms with Crippen LogP contribution in [0.1, 0.15) is 38.7 Å². The molecule has 0 aromatic heterocycles. The molecule has 0 amide bonds. The van der Waals surface area contributed by atoms with Crippen LogP contribution in [-0.4, -0.2) is 5.11 Å². The van der Waals surface area contributed by atoms with E-state index < -0.39 is 5.60 Å². The van der Waals surface area contributed by atoms with Crippen molar-refractivity contribution < 1.29 is 9.50 Å². The minimum atomic E-state index is -0.966. The Labute approximate surface area is 96.3 Å². The van der Waals surface area contributed by atoms with Crippen LogP contribution in [0, 0.1) is 17.7 Å². The average molecular weight is 220 g/mol. The van der Waals surface area contributed by atoms with Crippen LogP contribution < -0.4 is 0 Å². The SMILES string of the molecule is CC#CCCC(O)(CC)c1cccc(F)c1. The van der Waals surface area contributed by atoms with Gasteiger partial charge < -0.3 is 5.11 Å². The van der Waals surface area contributed by atoms with Crippen molar-refractivity contribution in [3.05, 3.63) is 35.6 Å². The summed E-state index contributed by atoms with van der Waals surface area (Å²) in [4.78, 5) is 0. The standard InChI is InChI=1S/C14H17FO/c1-3-5-6-10-14(16,4-2)12-8-7-9-13(15)11-12/h7-9,11,16H,4,6,10H2,1-2H3. The molecule has 0 saturated carbocycles. The zero-order chi connectivity index (χ0) is 12.0. The molecule has 0 spiro atoms. The van der Waals surface area contributed by atoms with Gasteiger partial charge in [0.1, 0.15) is 5.82 Å². The van der Waals surface area contributed by atoms with E-state index in [9.17, 15) is 9.50 Å². The quantitative estimate of drug-likeness (QED) is 0.772. The van der Waals surface area contributed by atoms with Gasteiger partial charge in [0.25, 0.3) is 0 Å². The first kappa shape index (κ1) is 12.7. The average Bonchev–Trinajstić information content (AvgIpc) is 2.29. The molecule has 2 heteroatoms. The van der Waals surface area contributed by atoms with E-state index in [-0.39, 0.29) is 5.82 Å². The molecular formula is C14H17FO. The Morgan fingerprint density at radius 3 is 2.75 bits per heavy atom. The molecule has 86 valence electrons. The normalized spacial score (nSPS) is 13.8. The molecule has 1 N–H and O–H groups in total. The molecule has 1 aromatic carbocycles. The van der Waals surface area contributed by atoms with Crippen LogP contribution in [0.25, 0.3) is 0 Å². The molecule has 0 bridgehead atoms. The monoisotopic (exact) mass is 220 g/mol. The molecule has 0 fully saturated rings. The maximum absolute atomic E-state index is 13.1. The molecule has 16 heavy (non-hydrogen) atoms. The molecular weight excluding hydrogens is 203 g/mol. The van der Waals surface area contributed by atoms with E-state index in [4.69, 9.17) is 0 Å². The molecule has 0 aliphatic rings. The summed E-state index contributed by atoms with van der Waals surface area (Å²) in [7, 11) is 0. The summed E-state index contributed by atoms with van der Waals surface area (Å²) >= 11 is 0. The van der Waals surface area contributed by atoms with Gasteiger partial charge in [0.2, 0.25) is 0 Å². The fourth-order valence-corrected chi connectivity index (χ4v) is 1.70.